The molecule has 4 aliphatic rings. The van der Waals surface area contributed by atoms with Gasteiger partial charge in [-0.15, -0.1) is 24.8 Å². The van der Waals surface area contributed by atoms with E-state index in [0.717, 1.165) is 13.1 Å². The van der Waals surface area contributed by atoms with Crippen molar-refractivity contribution in [3.8, 4) is 0 Å². The molecule has 12 heteroatoms. The fraction of sp³-hybridized carbons (Fsp3) is 0.571. The molecule has 1 unspecified atom stereocenters. The Kier molecular flexibility index (Phi) is 9.97. The molecule has 1 aromatic carbocycles. The number of benzene rings is 1. The monoisotopic (exact) mass is 638 g/mol. The summed E-state index contributed by atoms with van der Waals surface area (Å²) in [6.07, 6.45) is 3.71. The van der Waals surface area contributed by atoms with Crippen LogP contribution in [0.4, 0.5) is 14.5 Å². The van der Waals surface area contributed by atoms with Gasteiger partial charge >= 0.3 is 0 Å². The average Bonchev–Trinajstić information content (AvgIpc) is 3.30. The lowest BCUT2D eigenvalue weighted by Gasteiger charge is -2.41. The van der Waals surface area contributed by atoms with E-state index in [1.54, 1.807) is 6.08 Å². The molecule has 40 heavy (non-hydrogen) atoms. The number of nitrogens with one attached hydrogen (secondary N) is 2. The predicted molar refractivity (Wildman–Crippen MR) is 160 cm³/mol. The van der Waals surface area contributed by atoms with Crippen LogP contribution in [0.5, 0.6) is 0 Å². The topological polar surface area (TPSA) is 64.7 Å². The van der Waals surface area contributed by atoms with Gasteiger partial charge in [-0.3, -0.25) is 9.59 Å². The summed E-state index contributed by atoms with van der Waals surface area (Å²) in [6, 6.07) is 1.52. The molecule has 5 rings (SSSR count). The van der Waals surface area contributed by atoms with Crippen LogP contribution in [0, 0.1) is 23.1 Å². The Morgan fingerprint density at radius 1 is 1.12 bits per heavy atom. The van der Waals surface area contributed by atoms with Crippen LogP contribution in [0.25, 0.3) is 0 Å². The van der Waals surface area contributed by atoms with Crippen molar-refractivity contribution in [2.75, 3.05) is 38.5 Å². The Balaban J connectivity index is 0.00000220. The van der Waals surface area contributed by atoms with Gasteiger partial charge in [0.25, 0.3) is 0 Å². The third kappa shape index (κ3) is 5.64. The number of halogens is 6. The second-order valence-corrected chi connectivity index (χ2v) is 13.1. The molecule has 0 bridgehead atoms. The number of carbonyl (C=O) groups is 2. The number of hydrogen-bond acceptors (Lipinski definition) is 4. The van der Waals surface area contributed by atoms with Gasteiger partial charge in [0.2, 0.25) is 11.8 Å². The molecular formula is C28H36Cl4F2N4O2. The first-order chi connectivity index (χ1) is 17.8. The number of allylic oxidation sites excluding steroid dienone is 4. The molecule has 3 aliphatic heterocycles. The van der Waals surface area contributed by atoms with E-state index in [9.17, 15) is 14.0 Å². The van der Waals surface area contributed by atoms with Gasteiger partial charge in [0.1, 0.15) is 11.6 Å². The number of carbonyl (C=O) groups excluding carboxylic acids is 2. The zero-order valence-electron chi connectivity index (χ0n) is 22.9. The highest BCUT2D eigenvalue weighted by Gasteiger charge is 2.67. The maximum atomic E-state index is 15.0. The van der Waals surface area contributed by atoms with E-state index in [1.165, 1.54) is 18.2 Å². The zero-order chi connectivity index (χ0) is 27.6. The normalized spacial score (nSPS) is 30.2. The lowest BCUT2D eigenvalue weighted by Crippen LogP contribution is -2.55. The van der Waals surface area contributed by atoms with Gasteiger partial charge in [-0.25, -0.2) is 8.78 Å². The largest absolute Gasteiger partial charge is 0.339 e. The summed E-state index contributed by atoms with van der Waals surface area (Å²) in [4.78, 5) is 32.3. The number of nitrogens with zero attached hydrogens (tertiary/aromatic N) is 2. The summed E-state index contributed by atoms with van der Waals surface area (Å²) in [5, 5.41) is 6.47. The highest BCUT2D eigenvalue weighted by Crippen LogP contribution is 2.57. The first-order valence-corrected chi connectivity index (χ1v) is 13.8. The minimum Gasteiger partial charge on any atom is -0.339 e. The lowest BCUT2D eigenvalue weighted by atomic mass is 9.60. The molecule has 2 fully saturated rings. The fourth-order valence-corrected chi connectivity index (χ4v) is 7.15. The van der Waals surface area contributed by atoms with Gasteiger partial charge < -0.3 is 20.4 Å². The first-order valence-electron chi connectivity index (χ1n) is 13.1. The van der Waals surface area contributed by atoms with Crippen LogP contribution >= 0.6 is 48.0 Å². The molecule has 6 nitrogen and oxygen atoms in total. The minimum atomic E-state index is -1.29. The van der Waals surface area contributed by atoms with Crippen LogP contribution in [0.15, 0.2) is 35.1 Å². The van der Waals surface area contributed by atoms with E-state index >= 15 is 4.39 Å². The minimum absolute atomic E-state index is 0. The Labute approximate surface area is 256 Å². The average molecular weight is 640 g/mol. The Morgan fingerprint density at radius 2 is 1.77 bits per heavy atom. The van der Waals surface area contributed by atoms with E-state index in [-0.39, 0.29) is 58.5 Å². The van der Waals surface area contributed by atoms with E-state index in [1.807, 2.05) is 11.9 Å². The number of likely N-dealkylation sites (N-methyl/N-ethyl adjacent to an activating group) is 1. The predicted octanol–water partition coefficient (Wildman–Crippen LogP) is 5.68. The fourth-order valence-electron chi connectivity index (χ4n) is 6.75. The molecular weight excluding hydrogens is 604 g/mol. The van der Waals surface area contributed by atoms with Crippen molar-refractivity contribution < 1.29 is 18.4 Å². The zero-order valence-corrected chi connectivity index (χ0v) is 26.0. The van der Waals surface area contributed by atoms with Gasteiger partial charge in [-0.1, -0.05) is 50.0 Å². The summed E-state index contributed by atoms with van der Waals surface area (Å²) in [5.41, 5.74) is -0.598. The standard InChI is InChI=1S/C28H34Cl2F2N4O2.2ClH/c1-27(2,3)14-22-28(16-12-20(32)18(30)13-21(16)33-26(28)38)23(15-5-6-19(31)17(29)11-15)24(34-22)25(37)36-9-7-35(4)8-10-36;;/h5-6,12-13,15,22-24,34H,7-11,14H2,1-4H3,(H,33,38);2*1H/t15?,22-,23+,24-,28+;;/m1../s1. The van der Waals surface area contributed by atoms with Crippen LogP contribution < -0.4 is 10.6 Å². The first kappa shape index (κ1) is 33.1. The molecule has 2 N–H and O–H groups in total. The van der Waals surface area contributed by atoms with Crippen molar-refractivity contribution in [3.63, 3.8) is 0 Å². The summed E-state index contributed by atoms with van der Waals surface area (Å²) in [7, 11) is 2.02. The lowest BCUT2D eigenvalue weighted by molar-refractivity contribution is -0.136. The molecule has 1 spiro atoms. The van der Waals surface area contributed by atoms with Crippen molar-refractivity contribution >= 4 is 65.5 Å². The Morgan fingerprint density at radius 3 is 2.38 bits per heavy atom. The van der Waals surface area contributed by atoms with Gasteiger partial charge in [-0.2, -0.15) is 0 Å². The van der Waals surface area contributed by atoms with Gasteiger partial charge in [0.05, 0.1) is 21.5 Å². The van der Waals surface area contributed by atoms with E-state index in [0.29, 0.717) is 30.8 Å². The molecule has 222 valence electrons. The van der Waals surface area contributed by atoms with E-state index in [2.05, 4.69) is 36.3 Å². The second-order valence-electron chi connectivity index (χ2n) is 12.2. The van der Waals surface area contributed by atoms with Crippen molar-refractivity contribution in [2.24, 2.45) is 17.3 Å². The Hall–Kier alpha value is -1.42. The quantitative estimate of drug-likeness (QED) is 0.447. The molecule has 2 amide bonds. The molecule has 1 aromatic rings. The van der Waals surface area contributed by atoms with Crippen LogP contribution in [0.2, 0.25) is 5.02 Å². The summed E-state index contributed by atoms with van der Waals surface area (Å²) in [6.45, 7) is 8.84. The maximum absolute atomic E-state index is 15.0. The summed E-state index contributed by atoms with van der Waals surface area (Å²) < 4.78 is 29.3. The SMILES string of the molecule is CN1CCN(C(=O)[C@@H]2N[C@H](CC(C)(C)C)[C@]3(C(=O)Nc4cc(Cl)c(F)cc43)[C@H]2C2C=CC(F)=C(Cl)C2)CC1.Cl.Cl. The molecule has 0 saturated carbocycles. The van der Waals surface area contributed by atoms with Crippen LogP contribution in [0.3, 0.4) is 0 Å². The van der Waals surface area contributed by atoms with E-state index < -0.39 is 41.0 Å². The van der Waals surface area contributed by atoms with Crippen LogP contribution in [-0.2, 0) is 15.0 Å². The maximum Gasteiger partial charge on any atom is 0.240 e. The third-order valence-electron chi connectivity index (χ3n) is 8.47. The smallest absolute Gasteiger partial charge is 0.240 e. The number of amides is 2. The number of piperazine rings is 1. The third-order valence-corrected chi connectivity index (χ3v) is 9.09. The number of anilines is 1. The molecule has 0 radical (unpaired) electrons. The summed E-state index contributed by atoms with van der Waals surface area (Å²) in [5.74, 6) is -2.64. The second kappa shape index (κ2) is 12.1. The molecule has 3 heterocycles. The van der Waals surface area contributed by atoms with Crippen molar-refractivity contribution in [2.45, 2.75) is 51.1 Å². The van der Waals surface area contributed by atoms with Crippen LogP contribution in [-0.4, -0.2) is 66.9 Å². The highest BCUT2D eigenvalue weighted by molar-refractivity contribution is 6.31. The molecule has 5 atom stereocenters. The molecule has 0 aromatic heterocycles. The van der Waals surface area contributed by atoms with Crippen LogP contribution in [0.1, 0.15) is 39.2 Å². The number of rotatable bonds is 3. The van der Waals surface area contributed by atoms with Gasteiger partial charge in [0, 0.05) is 43.8 Å². The summed E-state index contributed by atoms with van der Waals surface area (Å²) >= 11 is 12.4. The Bertz CT molecular complexity index is 1230. The number of fused-ring (bicyclic) bond motifs is 2. The number of hydrogen-bond donors (Lipinski definition) is 2. The highest BCUT2D eigenvalue weighted by atomic mass is 35.5. The molecule has 1 aliphatic carbocycles. The van der Waals surface area contributed by atoms with Gasteiger partial charge in [-0.05, 0) is 55.0 Å². The molecule has 2 saturated heterocycles. The van der Waals surface area contributed by atoms with Crippen molar-refractivity contribution in [1.29, 1.82) is 0 Å². The van der Waals surface area contributed by atoms with E-state index in [4.69, 9.17) is 23.2 Å². The van der Waals surface area contributed by atoms with Crippen molar-refractivity contribution in [3.05, 3.63) is 51.5 Å². The van der Waals surface area contributed by atoms with Crippen molar-refractivity contribution in [1.82, 2.24) is 15.1 Å². The van der Waals surface area contributed by atoms with Gasteiger partial charge in [0.15, 0.2) is 0 Å².